The van der Waals surface area contributed by atoms with Crippen molar-refractivity contribution in [2.45, 2.75) is 11.5 Å². The Balaban J connectivity index is 0.000000810. The third-order valence-corrected chi connectivity index (χ3v) is 1.60. The van der Waals surface area contributed by atoms with Crippen LogP contribution >= 0.6 is 12.6 Å². The van der Waals surface area contributed by atoms with E-state index < -0.39 is 0 Å². The molecule has 3 heteroatoms. The molecule has 0 spiro atoms. The molecule has 0 aliphatic heterocycles. The van der Waals surface area contributed by atoms with Crippen molar-refractivity contribution in [3.63, 3.8) is 0 Å². The molecule has 0 aromatic heterocycles. The fraction of sp³-hybridized carbons (Fsp3) is 0.143. The molecule has 1 aromatic rings. The van der Waals surface area contributed by atoms with Crippen LogP contribution in [0.2, 0.25) is 0 Å². The van der Waals surface area contributed by atoms with Gasteiger partial charge in [0, 0.05) is 34.5 Å². The topological polar surface area (TPSA) is 20.2 Å². The molecule has 0 saturated carbocycles. The number of hydrogen-bond donors (Lipinski definition) is 2. The Bertz CT molecular complexity index is 203. The zero-order valence-electron chi connectivity index (χ0n) is 5.91. The molecule has 49 valence electrons. The molecule has 0 bridgehead atoms. The maximum absolute atomic E-state index is 8.67. The van der Waals surface area contributed by atoms with E-state index in [4.69, 9.17) is 5.11 Å². The fourth-order valence-corrected chi connectivity index (χ4v) is 0.876. The van der Waals surface area contributed by atoms with Gasteiger partial charge in [0.1, 0.15) is 0 Å². The first kappa shape index (κ1) is 10.5. The Hall–Kier alpha value is 0.530. The van der Waals surface area contributed by atoms with Crippen LogP contribution in [-0.2, 0) is 6.61 Å². The van der Waals surface area contributed by atoms with Gasteiger partial charge in [0.2, 0.25) is 0 Å². The van der Waals surface area contributed by atoms with Gasteiger partial charge in [-0.15, -0.1) is 12.6 Å². The van der Waals surface area contributed by atoms with E-state index in [1.54, 1.807) is 0 Å². The fourth-order valence-electron chi connectivity index (χ4n) is 0.645. The number of thiol groups is 1. The van der Waals surface area contributed by atoms with Crippen molar-refractivity contribution in [1.82, 2.24) is 0 Å². The molecule has 1 radical (unpaired) electrons. The summed E-state index contributed by atoms with van der Waals surface area (Å²) < 4.78 is 0. The van der Waals surface area contributed by atoms with Crippen LogP contribution in [0.4, 0.5) is 0 Å². The summed E-state index contributed by atoms with van der Waals surface area (Å²) in [7, 11) is 0. The van der Waals surface area contributed by atoms with Crippen LogP contribution in [0.3, 0.4) is 0 Å². The summed E-state index contributed by atoms with van der Waals surface area (Å²) in [6.07, 6.45) is 0. The first-order valence-corrected chi connectivity index (χ1v) is 3.17. The average molecular weight is 163 g/mol. The van der Waals surface area contributed by atoms with Gasteiger partial charge in [-0.2, -0.15) is 0 Å². The molecule has 1 nitrogen and oxygen atoms in total. The van der Waals surface area contributed by atoms with Crippen molar-refractivity contribution in [2.24, 2.45) is 0 Å². The quantitative estimate of drug-likeness (QED) is 0.469. The summed E-state index contributed by atoms with van der Waals surface area (Å²) in [6.45, 7) is 0.0691. The van der Waals surface area contributed by atoms with Crippen LogP contribution in [0.1, 0.15) is 5.56 Å². The molecule has 1 aromatic carbocycles. The van der Waals surface area contributed by atoms with E-state index in [0.29, 0.717) is 0 Å². The molecule has 0 fully saturated rings. The van der Waals surface area contributed by atoms with E-state index in [0.717, 1.165) is 10.5 Å². The maximum Gasteiger partial charge on any atom is 0.0692 e. The van der Waals surface area contributed by atoms with Gasteiger partial charge < -0.3 is 5.11 Å². The summed E-state index contributed by atoms with van der Waals surface area (Å²) in [6, 6.07) is 7.48. The predicted molar refractivity (Wildman–Crippen MR) is 45.4 cm³/mol. The second-order valence-electron chi connectivity index (χ2n) is 1.79. The SMILES string of the molecule is OCc1ccccc1S.[Na]. The smallest absolute Gasteiger partial charge is 0.0692 e. The van der Waals surface area contributed by atoms with Crippen molar-refractivity contribution in [3.8, 4) is 0 Å². The van der Waals surface area contributed by atoms with Gasteiger partial charge >= 0.3 is 0 Å². The average Bonchev–Trinajstić information content (AvgIpc) is 1.89. The van der Waals surface area contributed by atoms with Crippen LogP contribution < -0.4 is 0 Å². The molecule has 0 heterocycles. The van der Waals surface area contributed by atoms with E-state index in [1.165, 1.54) is 0 Å². The largest absolute Gasteiger partial charge is 0.392 e. The van der Waals surface area contributed by atoms with E-state index in [-0.39, 0.29) is 36.2 Å². The third-order valence-electron chi connectivity index (χ3n) is 1.16. The van der Waals surface area contributed by atoms with Gasteiger partial charge in [-0.1, -0.05) is 18.2 Å². The summed E-state index contributed by atoms with van der Waals surface area (Å²) in [5.41, 5.74) is 0.876. The second-order valence-corrected chi connectivity index (χ2v) is 2.27. The van der Waals surface area contributed by atoms with E-state index in [2.05, 4.69) is 12.6 Å². The van der Waals surface area contributed by atoms with Gasteiger partial charge in [-0.3, -0.25) is 0 Å². The van der Waals surface area contributed by atoms with Crippen molar-refractivity contribution in [3.05, 3.63) is 29.8 Å². The molecule has 1 rings (SSSR count). The minimum Gasteiger partial charge on any atom is -0.392 e. The predicted octanol–water partition coefficient (Wildman–Crippen LogP) is 1.09. The Labute approximate surface area is 88.2 Å². The van der Waals surface area contributed by atoms with Crippen molar-refractivity contribution >= 4 is 42.2 Å². The molecule has 0 saturated heterocycles. The van der Waals surface area contributed by atoms with Gasteiger partial charge in [0.25, 0.3) is 0 Å². The molecular weight excluding hydrogens is 155 g/mol. The van der Waals surface area contributed by atoms with Crippen LogP contribution in [0.15, 0.2) is 29.2 Å². The van der Waals surface area contributed by atoms with Crippen LogP contribution in [0, 0.1) is 0 Å². The normalized spacial score (nSPS) is 8.60. The van der Waals surface area contributed by atoms with Crippen molar-refractivity contribution < 1.29 is 5.11 Å². The zero-order chi connectivity index (χ0) is 6.69. The van der Waals surface area contributed by atoms with E-state index in [9.17, 15) is 0 Å². The minimum atomic E-state index is 0. The standard InChI is InChI=1S/C7H8OS.Na/c8-5-6-3-1-2-4-7(6)9;/h1-4,8-9H,5H2;. The third kappa shape index (κ3) is 2.64. The maximum atomic E-state index is 8.67. The molecule has 0 atom stereocenters. The zero-order valence-corrected chi connectivity index (χ0v) is 8.81. The number of rotatable bonds is 1. The summed E-state index contributed by atoms with van der Waals surface area (Å²) >= 11 is 4.12. The van der Waals surface area contributed by atoms with Crippen molar-refractivity contribution in [2.75, 3.05) is 0 Å². The summed E-state index contributed by atoms with van der Waals surface area (Å²) in [5, 5.41) is 8.67. The van der Waals surface area contributed by atoms with Gasteiger partial charge in [0.15, 0.2) is 0 Å². The molecule has 10 heavy (non-hydrogen) atoms. The van der Waals surface area contributed by atoms with Crippen LogP contribution in [-0.4, -0.2) is 34.7 Å². The second kappa shape index (κ2) is 5.22. The number of aliphatic hydroxyl groups excluding tert-OH is 1. The number of aliphatic hydroxyl groups is 1. The first-order chi connectivity index (χ1) is 4.34. The van der Waals surface area contributed by atoms with Gasteiger partial charge in [-0.05, 0) is 11.6 Å². The molecule has 0 aliphatic carbocycles. The first-order valence-electron chi connectivity index (χ1n) is 2.72. The molecule has 1 N–H and O–H groups in total. The minimum absolute atomic E-state index is 0. The monoisotopic (exact) mass is 163 g/mol. The Morgan fingerprint density at radius 3 is 2.30 bits per heavy atom. The van der Waals surface area contributed by atoms with Crippen LogP contribution in [0.5, 0.6) is 0 Å². The summed E-state index contributed by atoms with van der Waals surface area (Å²) in [4.78, 5) is 0.847. The molecule has 0 amide bonds. The molecule has 0 unspecified atom stereocenters. The van der Waals surface area contributed by atoms with Gasteiger partial charge in [0.05, 0.1) is 6.61 Å². The molecular formula is C7H8NaOS. The summed E-state index contributed by atoms with van der Waals surface area (Å²) in [5.74, 6) is 0. The Kier molecular flexibility index (Phi) is 5.49. The van der Waals surface area contributed by atoms with Crippen LogP contribution in [0.25, 0.3) is 0 Å². The number of hydrogen-bond acceptors (Lipinski definition) is 2. The number of benzene rings is 1. The van der Waals surface area contributed by atoms with Crippen molar-refractivity contribution in [1.29, 1.82) is 0 Å². The van der Waals surface area contributed by atoms with E-state index >= 15 is 0 Å². The molecule has 0 aliphatic rings. The van der Waals surface area contributed by atoms with E-state index in [1.807, 2.05) is 24.3 Å². The van der Waals surface area contributed by atoms with Gasteiger partial charge in [-0.25, -0.2) is 0 Å². The Morgan fingerprint density at radius 1 is 1.30 bits per heavy atom. The Morgan fingerprint density at radius 2 is 1.90 bits per heavy atom.